The van der Waals surface area contributed by atoms with Crippen molar-refractivity contribution in [3.63, 3.8) is 0 Å². The summed E-state index contributed by atoms with van der Waals surface area (Å²) >= 11 is 0. The number of hydrogen-bond acceptors (Lipinski definition) is 4. The highest BCUT2D eigenvalue weighted by molar-refractivity contribution is 5.78. The van der Waals surface area contributed by atoms with Gasteiger partial charge in [-0.3, -0.25) is 14.6 Å². The molecule has 0 saturated carbocycles. The van der Waals surface area contributed by atoms with Crippen molar-refractivity contribution in [2.24, 2.45) is 0 Å². The molecule has 1 amide bonds. The minimum atomic E-state index is 0.332. The highest BCUT2D eigenvalue weighted by atomic mass is 16.2. The summed E-state index contributed by atoms with van der Waals surface area (Å²) in [6.45, 7) is 8.71. The topological polar surface area (TPSA) is 44.6 Å². The van der Waals surface area contributed by atoms with Crippen molar-refractivity contribution in [2.75, 3.05) is 52.4 Å². The predicted octanol–water partition coefficient (Wildman–Crippen LogP) is 0.903. The summed E-state index contributed by atoms with van der Waals surface area (Å²) in [5.74, 6) is 0.332. The summed E-state index contributed by atoms with van der Waals surface area (Å²) in [7, 11) is 0. The number of imidazole rings is 1. The molecule has 3 rings (SSSR count). The van der Waals surface area contributed by atoms with Crippen LogP contribution in [0.1, 0.15) is 25.7 Å². The molecule has 6 nitrogen and oxygen atoms in total. The number of hydrogen-bond donors (Lipinski definition) is 0. The SMILES string of the molecule is O=C(CN1CCN(CCn2ccnc2)CC1)N1CCCCCC1. The van der Waals surface area contributed by atoms with Gasteiger partial charge in [0.25, 0.3) is 0 Å². The van der Waals surface area contributed by atoms with Crippen molar-refractivity contribution in [1.82, 2.24) is 24.3 Å². The van der Waals surface area contributed by atoms with E-state index < -0.39 is 0 Å². The van der Waals surface area contributed by atoms with Gasteiger partial charge >= 0.3 is 0 Å². The number of rotatable bonds is 5. The van der Waals surface area contributed by atoms with Gasteiger partial charge in [-0.05, 0) is 12.8 Å². The third-order valence-corrected chi connectivity index (χ3v) is 5.02. The van der Waals surface area contributed by atoms with E-state index in [1.165, 1.54) is 25.7 Å². The highest BCUT2D eigenvalue weighted by Crippen LogP contribution is 2.11. The molecule has 0 unspecified atom stereocenters. The van der Waals surface area contributed by atoms with Gasteiger partial charge < -0.3 is 9.47 Å². The van der Waals surface area contributed by atoms with E-state index in [9.17, 15) is 4.79 Å². The van der Waals surface area contributed by atoms with Gasteiger partial charge in [0, 0.05) is 64.8 Å². The number of nitrogens with zero attached hydrogens (tertiary/aromatic N) is 5. The Balaban J connectivity index is 1.36. The number of carbonyl (C=O) groups excluding carboxylic acids is 1. The maximum absolute atomic E-state index is 12.4. The normalized spacial score (nSPS) is 21.3. The number of carbonyl (C=O) groups is 1. The molecule has 0 atom stereocenters. The monoisotopic (exact) mass is 319 g/mol. The molecule has 3 heterocycles. The zero-order valence-corrected chi connectivity index (χ0v) is 14.1. The predicted molar refractivity (Wildman–Crippen MR) is 90.2 cm³/mol. The van der Waals surface area contributed by atoms with E-state index in [-0.39, 0.29) is 0 Å². The second-order valence-electron chi connectivity index (χ2n) is 6.71. The van der Waals surface area contributed by atoms with Crippen molar-refractivity contribution in [2.45, 2.75) is 32.2 Å². The highest BCUT2D eigenvalue weighted by Gasteiger charge is 2.22. The summed E-state index contributed by atoms with van der Waals surface area (Å²) in [6.07, 6.45) is 10.6. The molecule has 2 fully saturated rings. The van der Waals surface area contributed by atoms with Crippen LogP contribution >= 0.6 is 0 Å². The van der Waals surface area contributed by atoms with Gasteiger partial charge in [0.15, 0.2) is 0 Å². The van der Waals surface area contributed by atoms with Crippen molar-refractivity contribution in [3.8, 4) is 0 Å². The van der Waals surface area contributed by atoms with Crippen LogP contribution in [0.15, 0.2) is 18.7 Å². The first kappa shape index (κ1) is 16.5. The van der Waals surface area contributed by atoms with Crippen LogP contribution < -0.4 is 0 Å². The lowest BCUT2D eigenvalue weighted by molar-refractivity contribution is -0.132. The van der Waals surface area contributed by atoms with Crippen LogP contribution in [0.25, 0.3) is 0 Å². The summed E-state index contributed by atoms with van der Waals surface area (Å²) in [5.41, 5.74) is 0. The van der Waals surface area contributed by atoms with Crippen LogP contribution in [-0.2, 0) is 11.3 Å². The lowest BCUT2D eigenvalue weighted by atomic mass is 10.2. The third-order valence-electron chi connectivity index (χ3n) is 5.02. The van der Waals surface area contributed by atoms with Gasteiger partial charge in [-0.2, -0.15) is 0 Å². The van der Waals surface area contributed by atoms with Crippen LogP contribution in [-0.4, -0.2) is 82.5 Å². The Hall–Kier alpha value is -1.40. The van der Waals surface area contributed by atoms with E-state index in [1.54, 1.807) is 0 Å². The Morgan fingerprint density at radius 3 is 2.22 bits per heavy atom. The average Bonchev–Trinajstić information content (AvgIpc) is 2.94. The molecular formula is C17H29N5O. The van der Waals surface area contributed by atoms with E-state index in [4.69, 9.17) is 0 Å². The van der Waals surface area contributed by atoms with Crippen LogP contribution in [0.2, 0.25) is 0 Å². The van der Waals surface area contributed by atoms with E-state index in [0.717, 1.165) is 52.4 Å². The average molecular weight is 319 g/mol. The fourth-order valence-corrected chi connectivity index (χ4v) is 3.46. The van der Waals surface area contributed by atoms with E-state index in [2.05, 4.69) is 24.3 Å². The molecule has 0 aliphatic carbocycles. The molecule has 128 valence electrons. The van der Waals surface area contributed by atoms with Crippen LogP contribution in [0.3, 0.4) is 0 Å². The summed E-state index contributed by atoms with van der Waals surface area (Å²) in [5, 5.41) is 0. The van der Waals surface area contributed by atoms with Crippen molar-refractivity contribution < 1.29 is 4.79 Å². The molecule has 6 heteroatoms. The van der Waals surface area contributed by atoms with Gasteiger partial charge in [0.1, 0.15) is 0 Å². The number of piperazine rings is 1. The summed E-state index contributed by atoms with van der Waals surface area (Å²) < 4.78 is 2.12. The number of likely N-dealkylation sites (tertiary alicyclic amines) is 1. The second-order valence-corrected chi connectivity index (χ2v) is 6.71. The number of aromatic nitrogens is 2. The minimum absolute atomic E-state index is 0.332. The Morgan fingerprint density at radius 2 is 1.57 bits per heavy atom. The Kier molecular flexibility index (Phi) is 6.05. The third kappa shape index (κ3) is 5.04. The van der Waals surface area contributed by atoms with Crippen LogP contribution in [0, 0.1) is 0 Å². The largest absolute Gasteiger partial charge is 0.342 e. The van der Waals surface area contributed by atoms with Gasteiger partial charge in [0.05, 0.1) is 12.9 Å². The molecule has 2 aliphatic heterocycles. The van der Waals surface area contributed by atoms with E-state index in [1.807, 2.05) is 18.7 Å². The maximum atomic E-state index is 12.4. The maximum Gasteiger partial charge on any atom is 0.236 e. The van der Waals surface area contributed by atoms with Gasteiger partial charge in [-0.25, -0.2) is 4.98 Å². The Bertz CT molecular complexity index is 459. The van der Waals surface area contributed by atoms with E-state index in [0.29, 0.717) is 12.5 Å². The number of amides is 1. The van der Waals surface area contributed by atoms with Gasteiger partial charge in [0.2, 0.25) is 5.91 Å². The fourth-order valence-electron chi connectivity index (χ4n) is 3.46. The molecule has 2 aliphatic rings. The standard InChI is InChI=1S/C17H29N5O/c23-17(22-6-3-1-2-4-7-22)15-20-12-9-19(10-13-20)11-14-21-8-5-18-16-21/h5,8,16H,1-4,6-7,9-15H2. The summed E-state index contributed by atoms with van der Waals surface area (Å²) in [6, 6.07) is 0. The zero-order chi connectivity index (χ0) is 15.9. The molecule has 0 spiro atoms. The Morgan fingerprint density at radius 1 is 0.870 bits per heavy atom. The van der Waals surface area contributed by atoms with Gasteiger partial charge in [-0.15, -0.1) is 0 Å². The van der Waals surface area contributed by atoms with Crippen molar-refractivity contribution in [1.29, 1.82) is 0 Å². The lowest BCUT2D eigenvalue weighted by Gasteiger charge is -2.35. The molecule has 23 heavy (non-hydrogen) atoms. The van der Waals surface area contributed by atoms with Gasteiger partial charge in [-0.1, -0.05) is 12.8 Å². The second kappa shape index (κ2) is 8.45. The lowest BCUT2D eigenvalue weighted by Crippen LogP contribution is -2.50. The molecular weight excluding hydrogens is 290 g/mol. The molecule has 0 N–H and O–H groups in total. The molecule has 1 aromatic heterocycles. The smallest absolute Gasteiger partial charge is 0.236 e. The van der Waals surface area contributed by atoms with E-state index >= 15 is 0 Å². The van der Waals surface area contributed by atoms with Crippen molar-refractivity contribution in [3.05, 3.63) is 18.7 Å². The minimum Gasteiger partial charge on any atom is -0.342 e. The van der Waals surface area contributed by atoms with Crippen molar-refractivity contribution >= 4 is 5.91 Å². The molecule has 0 radical (unpaired) electrons. The van der Waals surface area contributed by atoms with Crippen LogP contribution in [0.5, 0.6) is 0 Å². The molecule has 0 aromatic carbocycles. The quantitative estimate of drug-likeness (QED) is 0.809. The van der Waals surface area contributed by atoms with Crippen LogP contribution in [0.4, 0.5) is 0 Å². The first-order valence-corrected chi connectivity index (χ1v) is 8.99. The molecule has 0 bridgehead atoms. The molecule has 2 saturated heterocycles. The zero-order valence-electron chi connectivity index (χ0n) is 14.1. The fraction of sp³-hybridized carbons (Fsp3) is 0.765. The summed E-state index contributed by atoms with van der Waals surface area (Å²) in [4.78, 5) is 23.4. The molecule has 1 aromatic rings. The Labute approximate surface area is 139 Å². The first-order chi connectivity index (χ1) is 11.3. The first-order valence-electron chi connectivity index (χ1n) is 8.99.